The molecular weight excluding hydrogens is 468 g/mol. The van der Waals surface area contributed by atoms with Crippen molar-refractivity contribution in [3.63, 3.8) is 0 Å². The van der Waals surface area contributed by atoms with Crippen molar-refractivity contribution in [3.8, 4) is 34.2 Å². The molecule has 0 aliphatic rings. The molecule has 0 radical (unpaired) electrons. The number of fused-ring (bicyclic) bond motifs is 1. The number of aromatic amines is 1. The van der Waals surface area contributed by atoms with E-state index in [1.165, 1.54) is 24.9 Å². The number of hydrogen-bond acceptors (Lipinski definition) is 5. The summed E-state index contributed by atoms with van der Waals surface area (Å²) in [6, 6.07) is 24.1. The van der Waals surface area contributed by atoms with E-state index in [9.17, 15) is 14.7 Å². The summed E-state index contributed by atoms with van der Waals surface area (Å²) in [7, 11) is 2.87. The van der Waals surface area contributed by atoms with Crippen LogP contribution in [0.2, 0.25) is 0 Å². The minimum absolute atomic E-state index is 0.110. The van der Waals surface area contributed by atoms with E-state index in [0.717, 1.165) is 16.3 Å². The molecule has 37 heavy (non-hydrogen) atoms. The Balaban J connectivity index is 1.42. The molecule has 0 amide bonds. The molecule has 0 aliphatic heterocycles. The minimum Gasteiger partial charge on any atom is -0.502 e. The largest absolute Gasteiger partial charge is 0.502 e. The molecule has 1 aromatic heterocycles. The van der Waals surface area contributed by atoms with Gasteiger partial charge < -0.3 is 19.6 Å². The minimum atomic E-state index is -0.299. The summed E-state index contributed by atoms with van der Waals surface area (Å²) in [5.74, 6) is 0.123. The van der Waals surface area contributed by atoms with Crippen LogP contribution in [0.3, 0.4) is 0 Å². The number of aromatic hydroxyl groups is 1. The molecule has 7 nitrogen and oxygen atoms in total. The Labute approximate surface area is 212 Å². The fourth-order valence-electron chi connectivity index (χ4n) is 4.18. The molecule has 0 saturated carbocycles. The molecule has 1 heterocycles. The molecule has 0 fully saturated rings. The van der Waals surface area contributed by atoms with Crippen LogP contribution < -0.4 is 15.2 Å². The molecule has 2 N–H and O–H groups in total. The lowest BCUT2D eigenvalue weighted by Crippen LogP contribution is -2.14. The average molecular weight is 493 g/mol. The maximum atomic E-state index is 12.9. The number of phenols is 1. The highest BCUT2D eigenvalue weighted by atomic mass is 16.5. The highest BCUT2D eigenvalue weighted by molar-refractivity contribution is 6.07. The van der Waals surface area contributed by atoms with E-state index in [4.69, 9.17) is 9.47 Å². The number of aromatic nitrogens is 2. The first-order valence-electron chi connectivity index (χ1n) is 11.6. The Morgan fingerprint density at radius 1 is 0.892 bits per heavy atom. The highest BCUT2D eigenvalue weighted by Gasteiger charge is 2.12. The second-order valence-corrected chi connectivity index (χ2v) is 8.43. The van der Waals surface area contributed by atoms with Gasteiger partial charge in [0.2, 0.25) is 5.75 Å². The van der Waals surface area contributed by atoms with Gasteiger partial charge in [-0.05, 0) is 52.7 Å². The normalized spacial score (nSPS) is 11.2. The number of nitrogens with zero attached hydrogens (tertiary/aromatic N) is 1. The first-order valence-corrected chi connectivity index (χ1v) is 11.6. The van der Waals surface area contributed by atoms with Crippen molar-refractivity contribution in [1.82, 2.24) is 9.55 Å². The van der Waals surface area contributed by atoms with Gasteiger partial charge in [-0.3, -0.25) is 9.36 Å². The number of ether oxygens (including phenoxy) is 2. The quantitative estimate of drug-likeness (QED) is 0.228. The maximum absolute atomic E-state index is 12.9. The third-order valence-electron chi connectivity index (χ3n) is 6.12. The fourth-order valence-corrected chi connectivity index (χ4v) is 4.18. The number of allylic oxidation sites excluding steroid dienone is 1. The van der Waals surface area contributed by atoms with E-state index < -0.39 is 0 Å². The van der Waals surface area contributed by atoms with Crippen molar-refractivity contribution < 1.29 is 19.4 Å². The molecule has 0 atom stereocenters. The first kappa shape index (κ1) is 23.7. The van der Waals surface area contributed by atoms with Gasteiger partial charge in [-0.15, -0.1) is 0 Å². The van der Waals surface area contributed by atoms with Crippen molar-refractivity contribution >= 4 is 22.6 Å². The zero-order chi connectivity index (χ0) is 25.9. The zero-order valence-electron chi connectivity index (χ0n) is 20.3. The number of nitrogens with one attached hydrogen (secondary N) is 1. The standard InChI is InChI=1S/C30H24N2O5/c1-36-27-14-19(15-28(37-2)29(27)34)10-13-26(33)23-8-5-9-24(17-23)32-18-25(31-30(32)35)22-12-11-20-6-3-4-7-21(20)16-22/h3-18,34H,1-2H3,(H,31,35)/b13-10+. The van der Waals surface area contributed by atoms with Crippen molar-refractivity contribution in [3.05, 3.63) is 113 Å². The smallest absolute Gasteiger partial charge is 0.330 e. The second kappa shape index (κ2) is 9.91. The Morgan fingerprint density at radius 3 is 2.35 bits per heavy atom. The lowest BCUT2D eigenvalue weighted by Gasteiger charge is -2.09. The molecule has 0 spiro atoms. The van der Waals surface area contributed by atoms with Crippen molar-refractivity contribution in [1.29, 1.82) is 0 Å². The lowest BCUT2D eigenvalue weighted by atomic mass is 10.1. The molecule has 0 aliphatic carbocycles. The van der Waals surface area contributed by atoms with E-state index in [1.807, 2.05) is 42.5 Å². The van der Waals surface area contributed by atoms with Gasteiger partial charge in [0.05, 0.1) is 25.6 Å². The number of methoxy groups -OCH3 is 2. The van der Waals surface area contributed by atoms with E-state index in [-0.39, 0.29) is 28.7 Å². The number of carbonyl (C=O) groups excluding carboxylic acids is 1. The Morgan fingerprint density at radius 2 is 1.62 bits per heavy atom. The molecule has 0 bridgehead atoms. The summed E-state index contributed by atoms with van der Waals surface area (Å²) in [5.41, 5.74) is 2.89. The van der Waals surface area contributed by atoms with Crippen LogP contribution in [0.15, 0.2) is 95.9 Å². The summed E-state index contributed by atoms with van der Waals surface area (Å²) in [4.78, 5) is 28.6. The van der Waals surface area contributed by atoms with Gasteiger partial charge in [0.25, 0.3) is 0 Å². The van der Waals surface area contributed by atoms with E-state index in [1.54, 1.807) is 48.7 Å². The van der Waals surface area contributed by atoms with E-state index in [0.29, 0.717) is 22.5 Å². The molecule has 7 heteroatoms. The van der Waals surface area contributed by atoms with Gasteiger partial charge in [0.15, 0.2) is 17.3 Å². The third-order valence-corrected chi connectivity index (χ3v) is 6.12. The number of rotatable bonds is 7. The van der Waals surface area contributed by atoms with Gasteiger partial charge >= 0.3 is 5.69 Å². The predicted molar refractivity (Wildman–Crippen MR) is 144 cm³/mol. The first-order chi connectivity index (χ1) is 18.0. The number of ketones is 1. The van der Waals surface area contributed by atoms with Crippen LogP contribution in [0.1, 0.15) is 15.9 Å². The number of carbonyl (C=O) groups is 1. The van der Waals surface area contributed by atoms with Crippen molar-refractivity contribution in [2.75, 3.05) is 14.2 Å². The number of hydrogen-bond donors (Lipinski definition) is 2. The zero-order valence-corrected chi connectivity index (χ0v) is 20.3. The SMILES string of the molecule is COc1cc(/C=C/C(=O)c2cccc(-n3cc(-c4ccc5ccccc5c4)[nH]c3=O)c2)cc(OC)c1O. The molecule has 0 unspecified atom stereocenters. The van der Waals surface area contributed by atoms with Gasteiger partial charge in [-0.2, -0.15) is 0 Å². The molecule has 5 aromatic rings. The maximum Gasteiger partial charge on any atom is 0.330 e. The lowest BCUT2D eigenvalue weighted by molar-refractivity contribution is 0.104. The second-order valence-electron chi connectivity index (χ2n) is 8.43. The number of phenolic OH excluding ortho intramolecular Hbond substituents is 1. The van der Waals surface area contributed by atoms with Crippen LogP contribution in [0, 0.1) is 0 Å². The summed E-state index contributed by atoms with van der Waals surface area (Å²) >= 11 is 0. The van der Waals surface area contributed by atoms with Crippen molar-refractivity contribution in [2.45, 2.75) is 0 Å². The van der Waals surface area contributed by atoms with Crippen LogP contribution in [-0.2, 0) is 0 Å². The summed E-state index contributed by atoms with van der Waals surface area (Å²) in [6.07, 6.45) is 4.77. The highest BCUT2D eigenvalue weighted by Crippen LogP contribution is 2.37. The number of benzene rings is 4. The molecular formula is C30H24N2O5. The van der Waals surface area contributed by atoms with E-state index in [2.05, 4.69) is 4.98 Å². The summed E-state index contributed by atoms with van der Waals surface area (Å²) in [6.45, 7) is 0. The van der Waals surface area contributed by atoms with Crippen LogP contribution in [0.25, 0.3) is 33.8 Å². The average Bonchev–Trinajstić information content (AvgIpc) is 3.33. The van der Waals surface area contributed by atoms with Gasteiger partial charge in [-0.25, -0.2) is 4.79 Å². The van der Waals surface area contributed by atoms with Crippen LogP contribution in [-0.4, -0.2) is 34.7 Å². The van der Waals surface area contributed by atoms with Gasteiger partial charge in [0, 0.05) is 17.3 Å². The van der Waals surface area contributed by atoms with Crippen LogP contribution >= 0.6 is 0 Å². The molecule has 184 valence electrons. The Kier molecular flexibility index (Phi) is 6.34. The van der Waals surface area contributed by atoms with Crippen LogP contribution in [0.5, 0.6) is 17.2 Å². The number of imidazole rings is 1. The Hall–Kier alpha value is -5.04. The van der Waals surface area contributed by atoms with Gasteiger partial charge in [0.1, 0.15) is 0 Å². The van der Waals surface area contributed by atoms with Crippen molar-refractivity contribution in [2.24, 2.45) is 0 Å². The predicted octanol–water partition coefficient (Wildman–Crippen LogP) is 5.60. The third kappa shape index (κ3) is 4.75. The number of H-pyrrole nitrogens is 1. The monoisotopic (exact) mass is 492 g/mol. The topological polar surface area (TPSA) is 93.6 Å². The molecule has 0 saturated heterocycles. The summed E-state index contributed by atoms with van der Waals surface area (Å²) in [5, 5.41) is 12.3. The van der Waals surface area contributed by atoms with E-state index >= 15 is 0 Å². The molecule has 5 rings (SSSR count). The fraction of sp³-hybridized carbons (Fsp3) is 0.0667. The summed E-state index contributed by atoms with van der Waals surface area (Å²) < 4.78 is 11.8. The van der Waals surface area contributed by atoms with Gasteiger partial charge in [-0.1, -0.05) is 54.6 Å². The molecule has 4 aromatic carbocycles. The van der Waals surface area contributed by atoms with Crippen LogP contribution in [0.4, 0.5) is 0 Å². The Bertz CT molecular complexity index is 1690.